The molecule has 1 rings (SSSR count). The molecule has 0 unspecified atom stereocenters. The van der Waals surface area contributed by atoms with Gasteiger partial charge in [0.25, 0.3) is 0 Å². The second-order valence-electron chi connectivity index (χ2n) is 2.05. The maximum atomic E-state index is 3.27. The van der Waals surface area contributed by atoms with E-state index in [2.05, 4.69) is 17.3 Å². The summed E-state index contributed by atoms with van der Waals surface area (Å²) in [6, 6.07) is 0. The Balaban J connectivity index is 0.000000490. The van der Waals surface area contributed by atoms with Crippen molar-refractivity contribution < 1.29 is 1.43 Å². The highest BCUT2D eigenvalue weighted by atomic mass is 15.2. The van der Waals surface area contributed by atoms with Gasteiger partial charge in [0.05, 0.1) is 0 Å². The summed E-state index contributed by atoms with van der Waals surface area (Å²) in [7, 11) is 2.15. The molecule has 0 aromatic rings. The molecule has 1 aliphatic heterocycles. The average molecular weight is 102 g/mol. The van der Waals surface area contributed by atoms with Crippen molar-refractivity contribution in [2.45, 2.75) is 0 Å². The first-order valence-electron chi connectivity index (χ1n) is 2.79. The first-order chi connectivity index (χ1) is 3.39. The zero-order chi connectivity index (χ0) is 5.11. The maximum absolute atomic E-state index is 3.27. The molecule has 0 bridgehead atoms. The lowest BCUT2D eigenvalue weighted by molar-refractivity contribution is 0.291. The zero-order valence-electron chi connectivity index (χ0n) is 5.78. The molecule has 0 aromatic carbocycles. The third kappa shape index (κ3) is 1.45. The van der Waals surface area contributed by atoms with Gasteiger partial charge in [0.2, 0.25) is 0 Å². The Kier molecular flexibility index (Phi) is 1.65. The number of nitrogens with zero attached hydrogens (tertiary/aromatic N) is 1. The van der Waals surface area contributed by atoms with Crippen LogP contribution in [0.25, 0.3) is 0 Å². The summed E-state index contributed by atoms with van der Waals surface area (Å²) in [6.07, 6.45) is 0. The van der Waals surface area contributed by atoms with Gasteiger partial charge in [0.15, 0.2) is 0 Å². The second kappa shape index (κ2) is 2.28. The maximum Gasteiger partial charge on any atom is 0.0104 e. The van der Waals surface area contributed by atoms with E-state index in [9.17, 15) is 0 Å². The van der Waals surface area contributed by atoms with Crippen molar-refractivity contribution in [2.75, 3.05) is 33.2 Å². The number of likely N-dealkylation sites (N-methyl/N-ethyl adjacent to an activating group) is 1. The normalized spacial score (nSPS) is 25.3. The first-order valence-corrected chi connectivity index (χ1v) is 2.79. The molecule has 0 amide bonds. The van der Waals surface area contributed by atoms with E-state index < -0.39 is 0 Å². The molecule has 0 spiro atoms. The van der Waals surface area contributed by atoms with Crippen molar-refractivity contribution in [3.8, 4) is 0 Å². The number of nitrogens with one attached hydrogen (secondary N) is 1. The van der Waals surface area contributed by atoms with Crippen LogP contribution in [-0.4, -0.2) is 38.1 Å². The van der Waals surface area contributed by atoms with Gasteiger partial charge in [0, 0.05) is 27.6 Å². The SMILES string of the molecule is CN1CCNCC1.[2H]. The molecule has 1 heterocycles. The van der Waals surface area contributed by atoms with Crippen molar-refractivity contribution in [2.24, 2.45) is 0 Å². The highest BCUT2D eigenvalue weighted by Gasteiger charge is 2.01. The number of hydrogen-bond acceptors (Lipinski definition) is 2. The summed E-state index contributed by atoms with van der Waals surface area (Å²) in [5, 5.41) is 3.27. The number of piperazine rings is 1. The Morgan fingerprint density at radius 2 is 2.00 bits per heavy atom. The van der Waals surface area contributed by atoms with E-state index in [-0.39, 0.29) is 1.43 Å². The Bertz CT molecular complexity index is 52.4. The van der Waals surface area contributed by atoms with Crippen molar-refractivity contribution in [1.29, 1.82) is 0 Å². The number of rotatable bonds is 0. The topological polar surface area (TPSA) is 15.3 Å². The smallest absolute Gasteiger partial charge is 0.0104 e. The van der Waals surface area contributed by atoms with Crippen LogP contribution in [0.5, 0.6) is 0 Å². The third-order valence-corrected chi connectivity index (χ3v) is 1.34. The van der Waals surface area contributed by atoms with E-state index in [0.717, 1.165) is 13.1 Å². The fraction of sp³-hybridized carbons (Fsp3) is 1.00. The molecular formula is C5H13N2. The van der Waals surface area contributed by atoms with Gasteiger partial charge in [0.1, 0.15) is 0 Å². The molecule has 1 radical (unpaired) electrons. The lowest BCUT2D eigenvalue weighted by Crippen LogP contribution is -2.40. The van der Waals surface area contributed by atoms with Crippen molar-refractivity contribution in [3.05, 3.63) is 0 Å². The molecule has 7 heavy (non-hydrogen) atoms. The van der Waals surface area contributed by atoms with Crippen LogP contribution in [0.15, 0.2) is 0 Å². The standard InChI is InChI=1S/C5H12N2.H/c1-7-4-2-6-3-5-7;/h6H,2-5H2,1H3;/i;1+1. The van der Waals surface area contributed by atoms with Crippen LogP contribution < -0.4 is 5.32 Å². The predicted octanol–water partition coefficient (Wildman–Crippen LogP) is -0.366. The van der Waals surface area contributed by atoms with Gasteiger partial charge in [-0.2, -0.15) is 0 Å². The van der Waals surface area contributed by atoms with E-state index in [0.29, 0.717) is 0 Å². The molecule has 2 heteroatoms. The van der Waals surface area contributed by atoms with Crippen LogP contribution in [0.2, 0.25) is 0 Å². The predicted molar refractivity (Wildman–Crippen MR) is 31.5 cm³/mol. The Morgan fingerprint density at radius 1 is 1.43 bits per heavy atom. The third-order valence-electron chi connectivity index (χ3n) is 1.34. The highest BCUT2D eigenvalue weighted by Crippen LogP contribution is 1.82. The van der Waals surface area contributed by atoms with Gasteiger partial charge >= 0.3 is 0 Å². The molecule has 1 fully saturated rings. The van der Waals surface area contributed by atoms with Gasteiger partial charge in [-0.25, -0.2) is 0 Å². The van der Waals surface area contributed by atoms with E-state index >= 15 is 0 Å². The second-order valence-corrected chi connectivity index (χ2v) is 2.05. The summed E-state index contributed by atoms with van der Waals surface area (Å²) in [4.78, 5) is 2.33. The van der Waals surface area contributed by atoms with E-state index in [1.165, 1.54) is 13.1 Å². The van der Waals surface area contributed by atoms with Gasteiger partial charge in [-0.15, -0.1) is 0 Å². The van der Waals surface area contributed by atoms with Gasteiger partial charge in [-0.05, 0) is 7.05 Å². The average Bonchev–Trinajstić information content (AvgIpc) is 1.69. The van der Waals surface area contributed by atoms with Crippen LogP contribution in [0, 0.1) is 0 Å². The highest BCUT2D eigenvalue weighted by molar-refractivity contribution is 4.62. The quantitative estimate of drug-likeness (QED) is 0.449. The van der Waals surface area contributed by atoms with Crippen LogP contribution in [0.4, 0.5) is 0 Å². The number of hydrogen-bond donors (Lipinski definition) is 1. The van der Waals surface area contributed by atoms with E-state index in [4.69, 9.17) is 0 Å². The van der Waals surface area contributed by atoms with E-state index in [1.807, 2.05) is 0 Å². The molecular weight excluding hydrogens is 88.1 g/mol. The molecule has 1 aliphatic rings. The minimum absolute atomic E-state index is 0. The molecule has 0 atom stereocenters. The Morgan fingerprint density at radius 3 is 2.29 bits per heavy atom. The summed E-state index contributed by atoms with van der Waals surface area (Å²) >= 11 is 0. The summed E-state index contributed by atoms with van der Waals surface area (Å²) in [6.45, 7) is 4.74. The fourth-order valence-corrected chi connectivity index (χ4v) is 0.777. The molecule has 2 nitrogen and oxygen atoms in total. The van der Waals surface area contributed by atoms with Crippen molar-refractivity contribution >= 4 is 0 Å². The van der Waals surface area contributed by atoms with Crippen LogP contribution >= 0.6 is 0 Å². The Hall–Kier alpha value is -0.0800. The fourth-order valence-electron chi connectivity index (χ4n) is 0.777. The Labute approximate surface area is 46.0 Å². The molecule has 1 saturated heterocycles. The summed E-state index contributed by atoms with van der Waals surface area (Å²) < 4.78 is 0. The van der Waals surface area contributed by atoms with Crippen LogP contribution in [-0.2, 0) is 0 Å². The van der Waals surface area contributed by atoms with Gasteiger partial charge in [-0.3, -0.25) is 0 Å². The molecule has 0 aliphatic carbocycles. The summed E-state index contributed by atoms with van der Waals surface area (Å²) in [5.41, 5.74) is 0. The summed E-state index contributed by atoms with van der Waals surface area (Å²) in [5.74, 6) is 0. The minimum atomic E-state index is 0. The lowest BCUT2D eigenvalue weighted by Gasteiger charge is -2.21. The van der Waals surface area contributed by atoms with Gasteiger partial charge in [-0.1, -0.05) is 0 Å². The molecule has 0 aromatic heterocycles. The van der Waals surface area contributed by atoms with Gasteiger partial charge < -0.3 is 10.2 Å². The van der Waals surface area contributed by atoms with Crippen molar-refractivity contribution in [3.63, 3.8) is 0 Å². The molecule has 43 valence electrons. The van der Waals surface area contributed by atoms with Crippen molar-refractivity contribution in [1.82, 2.24) is 10.2 Å². The lowest BCUT2D eigenvalue weighted by atomic mass is 10.4. The first kappa shape index (κ1) is 5.06. The zero-order valence-corrected chi connectivity index (χ0v) is 4.78. The molecule has 1 N–H and O–H groups in total. The molecule has 0 saturated carbocycles. The minimum Gasteiger partial charge on any atom is -0.314 e. The van der Waals surface area contributed by atoms with Crippen LogP contribution in [0.3, 0.4) is 0 Å². The largest absolute Gasteiger partial charge is 0.314 e. The van der Waals surface area contributed by atoms with Crippen LogP contribution in [0.1, 0.15) is 1.43 Å². The van der Waals surface area contributed by atoms with E-state index in [1.54, 1.807) is 0 Å². The monoisotopic (exact) mass is 102 g/mol.